The average molecular weight is 185 g/mol. The van der Waals surface area contributed by atoms with E-state index in [0.29, 0.717) is 6.10 Å². The lowest BCUT2D eigenvalue weighted by atomic mass is 10.0. The van der Waals surface area contributed by atoms with E-state index in [1.807, 2.05) is 7.11 Å². The normalized spacial score (nSPS) is 21.5. The lowest BCUT2D eigenvalue weighted by Crippen LogP contribution is -2.55. The van der Waals surface area contributed by atoms with E-state index >= 15 is 0 Å². The molecule has 1 heterocycles. The zero-order valence-corrected chi connectivity index (χ0v) is 9.25. The molecule has 1 fully saturated rings. The summed E-state index contributed by atoms with van der Waals surface area (Å²) in [7, 11) is 1.81. The van der Waals surface area contributed by atoms with E-state index in [0.717, 1.165) is 19.1 Å². The van der Waals surface area contributed by atoms with E-state index in [2.05, 4.69) is 18.7 Å². The fourth-order valence-corrected chi connectivity index (χ4v) is 2.00. The van der Waals surface area contributed by atoms with Crippen LogP contribution >= 0.6 is 0 Å². The van der Waals surface area contributed by atoms with Crippen LogP contribution in [0, 0.1) is 0 Å². The summed E-state index contributed by atoms with van der Waals surface area (Å²) in [6.07, 6.45) is 5.85. The molecule has 0 aromatic carbocycles. The second kappa shape index (κ2) is 5.61. The molecule has 0 bridgehead atoms. The van der Waals surface area contributed by atoms with Gasteiger partial charge in [-0.15, -0.1) is 0 Å². The van der Waals surface area contributed by atoms with E-state index in [9.17, 15) is 0 Å². The lowest BCUT2D eigenvalue weighted by molar-refractivity contribution is -0.0530. The van der Waals surface area contributed by atoms with Crippen molar-refractivity contribution in [2.75, 3.05) is 20.2 Å². The van der Waals surface area contributed by atoms with Gasteiger partial charge in [0.2, 0.25) is 0 Å². The van der Waals surface area contributed by atoms with Crippen molar-refractivity contribution in [2.45, 2.75) is 51.7 Å². The molecule has 78 valence electrons. The summed E-state index contributed by atoms with van der Waals surface area (Å²) < 4.78 is 5.27. The summed E-state index contributed by atoms with van der Waals surface area (Å²) in [4.78, 5) is 2.56. The van der Waals surface area contributed by atoms with Gasteiger partial charge in [-0.25, -0.2) is 0 Å². The maximum absolute atomic E-state index is 5.27. The van der Waals surface area contributed by atoms with Crippen molar-refractivity contribution in [3.63, 3.8) is 0 Å². The van der Waals surface area contributed by atoms with Gasteiger partial charge >= 0.3 is 0 Å². The number of nitrogens with zero attached hydrogens (tertiary/aromatic N) is 1. The molecule has 1 atom stereocenters. The van der Waals surface area contributed by atoms with Crippen molar-refractivity contribution in [3.05, 3.63) is 0 Å². The molecule has 1 rings (SSSR count). The molecule has 1 saturated heterocycles. The number of methoxy groups -OCH3 is 1. The number of hydrogen-bond donors (Lipinski definition) is 0. The Hall–Kier alpha value is -0.0800. The summed E-state index contributed by atoms with van der Waals surface area (Å²) in [5.41, 5.74) is 0. The van der Waals surface area contributed by atoms with Crippen LogP contribution in [0.3, 0.4) is 0 Å². The van der Waals surface area contributed by atoms with Gasteiger partial charge in [0.05, 0.1) is 6.10 Å². The molecular weight excluding hydrogens is 162 g/mol. The van der Waals surface area contributed by atoms with Gasteiger partial charge in [0.15, 0.2) is 0 Å². The Balaban J connectivity index is 2.17. The van der Waals surface area contributed by atoms with Crippen molar-refractivity contribution in [1.82, 2.24) is 4.90 Å². The van der Waals surface area contributed by atoms with Crippen LogP contribution in [0.5, 0.6) is 0 Å². The summed E-state index contributed by atoms with van der Waals surface area (Å²) >= 11 is 0. The highest BCUT2D eigenvalue weighted by Gasteiger charge is 2.30. The quantitative estimate of drug-likeness (QED) is 0.629. The summed E-state index contributed by atoms with van der Waals surface area (Å²) in [6.45, 7) is 6.86. The van der Waals surface area contributed by atoms with Gasteiger partial charge < -0.3 is 4.74 Å². The molecule has 0 N–H and O–H groups in total. The molecule has 0 radical (unpaired) electrons. The monoisotopic (exact) mass is 185 g/mol. The van der Waals surface area contributed by atoms with Gasteiger partial charge in [-0.2, -0.15) is 0 Å². The van der Waals surface area contributed by atoms with Crippen molar-refractivity contribution in [1.29, 1.82) is 0 Å². The third kappa shape index (κ3) is 2.96. The minimum Gasteiger partial charge on any atom is -0.379 e. The predicted molar refractivity (Wildman–Crippen MR) is 56.0 cm³/mol. The Kier molecular flexibility index (Phi) is 4.74. The molecule has 2 heteroatoms. The molecule has 0 saturated carbocycles. The highest BCUT2D eigenvalue weighted by atomic mass is 16.5. The molecule has 0 unspecified atom stereocenters. The fraction of sp³-hybridized carbons (Fsp3) is 1.00. The zero-order valence-electron chi connectivity index (χ0n) is 9.25. The van der Waals surface area contributed by atoms with Crippen molar-refractivity contribution in [2.24, 2.45) is 0 Å². The summed E-state index contributed by atoms with van der Waals surface area (Å²) in [5.74, 6) is 0. The summed E-state index contributed by atoms with van der Waals surface area (Å²) in [5, 5.41) is 0. The van der Waals surface area contributed by atoms with Gasteiger partial charge in [0, 0.05) is 26.2 Å². The Morgan fingerprint density at radius 3 is 2.54 bits per heavy atom. The first-order chi connectivity index (χ1) is 6.31. The van der Waals surface area contributed by atoms with Gasteiger partial charge in [-0.3, -0.25) is 4.90 Å². The van der Waals surface area contributed by atoms with Crippen molar-refractivity contribution in [3.8, 4) is 0 Å². The second-order valence-corrected chi connectivity index (χ2v) is 4.02. The van der Waals surface area contributed by atoms with Gasteiger partial charge in [0.25, 0.3) is 0 Å². The predicted octanol–water partition coefficient (Wildman–Crippen LogP) is 2.29. The Bertz CT molecular complexity index is 132. The maximum Gasteiger partial charge on any atom is 0.0825 e. The Labute approximate surface area is 82.3 Å². The molecule has 1 aliphatic rings. The Morgan fingerprint density at radius 2 is 2.08 bits per heavy atom. The van der Waals surface area contributed by atoms with Gasteiger partial charge in [-0.1, -0.05) is 26.7 Å². The number of unbranched alkanes of at least 4 members (excludes halogenated alkanes) is 1. The van der Waals surface area contributed by atoms with Gasteiger partial charge in [0.1, 0.15) is 0 Å². The third-order valence-corrected chi connectivity index (χ3v) is 3.09. The van der Waals surface area contributed by atoms with Crippen LogP contribution in [0.1, 0.15) is 39.5 Å². The first-order valence-corrected chi connectivity index (χ1v) is 5.58. The van der Waals surface area contributed by atoms with Crippen LogP contribution in [-0.4, -0.2) is 37.2 Å². The van der Waals surface area contributed by atoms with Crippen LogP contribution in [-0.2, 0) is 4.74 Å². The molecule has 0 aliphatic carbocycles. The molecule has 13 heavy (non-hydrogen) atoms. The minimum absolute atomic E-state index is 0.510. The lowest BCUT2D eigenvalue weighted by Gasteiger charge is -2.43. The SMILES string of the molecule is CCCC[C@@H](CC)N1CC(OC)C1. The molecular formula is C11H23NO. The standard InChI is InChI=1S/C11H23NO/c1-4-6-7-10(5-2)12-8-11(9-12)13-3/h10-11H,4-9H2,1-3H3/t10-/m1/s1. The van der Waals surface area contributed by atoms with Gasteiger partial charge in [-0.05, 0) is 12.8 Å². The molecule has 0 spiro atoms. The van der Waals surface area contributed by atoms with E-state index in [-0.39, 0.29) is 0 Å². The number of likely N-dealkylation sites (tertiary alicyclic amines) is 1. The van der Waals surface area contributed by atoms with Crippen molar-refractivity contribution < 1.29 is 4.74 Å². The topological polar surface area (TPSA) is 12.5 Å². The third-order valence-electron chi connectivity index (χ3n) is 3.09. The molecule has 0 aromatic heterocycles. The van der Waals surface area contributed by atoms with Crippen LogP contribution in [0.4, 0.5) is 0 Å². The minimum atomic E-state index is 0.510. The highest BCUT2D eigenvalue weighted by Crippen LogP contribution is 2.20. The van der Waals surface area contributed by atoms with Crippen LogP contribution in [0.2, 0.25) is 0 Å². The average Bonchev–Trinajstić information content (AvgIpc) is 2.08. The number of hydrogen-bond acceptors (Lipinski definition) is 2. The maximum atomic E-state index is 5.27. The first kappa shape index (κ1) is 11.0. The first-order valence-electron chi connectivity index (χ1n) is 5.58. The summed E-state index contributed by atoms with van der Waals surface area (Å²) in [6, 6.07) is 0.811. The largest absolute Gasteiger partial charge is 0.379 e. The second-order valence-electron chi connectivity index (χ2n) is 4.02. The van der Waals surface area contributed by atoms with Crippen LogP contribution < -0.4 is 0 Å². The molecule has 0 aromatic rings. The molecule has 1 aliphatic heterocycles. The highest BCUT2D eigenvalue weighted by molar-refractivity contribution is 4.85. The van der Waals surface area contributed by atoms with Crippen molar-refractivity contribution >= 4 is 0 Å². The Morgan fingerprint density at radius 1 is 1.38 bits per heavy atom. The molecule has 2 nitrogen and oxygen atoms in total. The van der Waals surface area contributed by atoms with Crippen LogP contribution in [0.25, 0.3) is 0 Å². The molecule has 0 amide bonds. The van der Waals surface area contributed by atoms with Crippen LogP contribution in [0.15, 0.2) is 0 Å². The number of rotatable bonds is 6. The van der Waals surface area contributed by atoms with E-state index in [4.69, 9.17) is 4.74 Å². The zero-order chi connectivity index (χ0) is 9.68. The smallest absolute Gasteiger partial charge is 0.0825 e. The number of ether oxygens (including phenoxy) is 1. The van der Waals surface area contributed by atoms with E-state index in [1.165, 1.54) is 25.7 Å². The fourth-order valence-electron chi connectivity index (χ4n) is 2.00. The van der Waals surface area contributed by atoms with E-state index in [1.54, 1.807) is 0 Å². The van der Waals surface area contributed by atoms with E-state index < -0.39 is 0 Å².